The van der Waals surface area contributed by atoms with E-state index >= 15 is 0 Å². The number of benzene rings is 1. The van der Waals surface area contributed by atoms with Crippen molar-refractivity contribution in [2.45, 2.75) is 39.5 Å². The first kappa shape index (κ1) is 11.7. The molecule has 2 rings (SSSR count). The highest BCUT2D eigenvalue weighted by Crippen LogP contribution is 2.46. The van der Waals surface area contributed by atoms with Gasteiger partial charge in [0.05, 0.1) is 0 Å². The Bertz CT molecular complexity index is 404. The van der Waals surface area contributed by atoms with E-state index in [1.807, 2.05) is 0 Å². The molecule has 85 valence electrons. The first-order chi connectivity index (χ1) is 7.79. The lowest BCUT2D eigenvalue weighted by Gasteiger charge is -2.08. The minimum atomic E-state index is 0.987. The molecule has 0 bridgehead atoms. The zero-order chi connectivity index (χ0) is 11.5. The van der Waals surface area contributed by atoms with Gasteiger partial charge in [0.1, 0.15) is 5.38 Å². The van der Waals surface area contributed by atoms with E-state index in [1.165, 1.54) is 28.7 Å². The summed E-state index contributed by atoms with van der Waals surface area (Å²) < 4.78 is 0. The molecule has 0 heterocycles. The van der Waals surface area contributed by atoms with Crippen molar-refractivity contribution in [1.82, 2.24) is 0 Å². The molecule has 0 saturated heterocycles. The molecule has 1 aromatic rings. The second-order valence-electron chi connectivity index (χ2n) is 4.32. The number of hydrogen-bond donors (Lipinski definition) is 0. The zero-order valence-corrected chi connectivity index (χ0v) is 10.8. The highest BCUT2D eigenvalue weighted by Gasteiger charge is 2.28. The van der Waals surface area contributed by atoms with E-state index in [0.717, 1.165) is 24.6 Å². The zero-order valence-electron chi connectivity index (χ0n) is 10.0. The number of fused-ring (bicyclic) bond motifs is 1. The minimum Gasteiger partial charge on any atom is -0.106 e. The molecule has 1 radical (unpaired) electrons. The highest BCUT2D eigenvalue weighted by atomic mass is 35.5. The van der Waals surface area contributed by atoms with Crippen LogP contribution in [0.5, 0.6) is 0 Å². The van der Waals surface area contributed by atoms with Gasteiger partial charge in [0.2, 0.25) is 0 Å². The quantitative estimate of drug-likeness (QED) is 0.673. The average molecular weight is 234 g/mol. The van der Waals surface area contributed by atoms with Gasteiger partial charge in [-0.05, 0) is 35.1 Å². The summed E-state index contributed by atoms with van der Waals surface area (Å²) in [5, 5.41) is 0.987. The van der Waals surface area contributed by atoms with Crippen LogP contribution >= 0.6 is 11.6 Å². The van der Waals surface area contributed by atoms with Crippen LogP contribution in [0.2, 0.25) is 0 Å². The van der Waals surface area contributed by atoms with Gasteiger partial charge in [0.25, 0.3) is 0 Å². The third-order valence-corrected chi connectivity index (χ3v) is 3.55. The number of rotatable bonds is 4. The fourth-order valence-corrected chi connectivity index (χ4v) is 2.81. The lowest BCUT2D eigenvalue weighted by molar-refractivity contribution is 0.899. The van der Waals surface area contributed by atoms with Crippen molar-refractivity contribution in [3.05, 3.63) is 46.3 Å². The van der Waals surface area contributed by atoms with E-state index in [1.54, 1.807) is 0 Å². The van der Waals surface area contributed by atoms with Gasteiger partial charge in [-0.1, -0.05) is 51.0 Å². The Hall–Kier alpha value is -0.750. The summed E-state index contributed by atoms with van der Waals surface area (Å²) in [5.41, 5.74) is 5.45. The third kappa shape index (κ3) is 1.91. The van der Waals surface area contributed by atoms with E-state index in [4.69, 9.17) is 11.6 Å². The smallest absolute Gasteiger partial charge is 0.106 e. The largest absolute Gasteiger partial charge is 0.119 e. The summed E-state index contributed by atoms with van der Waals surface area (Å²) in [6.45, 7) is 4.44. The monoisotopic (exact) mass is 233 g/mol. The number of allylic oxidation sites excluding steroid dienone is 2. The number of halogens is 1. The van der Waals surface area contributed by atoms with Crippen LogP contribution in [0.25, 0.3) is 5.57 Å². The van der Waals surface area contributed by atoms with Gasteiger partial charge in [0.15, 0.2) is 0 Å². The maximum absolute atomic E-state index is 6.48. The lowest BCUT2D eigenvalue weighted by Crippen LogP contribution is -1.91. The lowest BCUT2D eigenvalue weighted by atomic mass is 9.99. The minimum absolute atomic E-state index is 0.987. The van der Waals surface area contributed by atoms with Gasteiger partial charge in [0, 0.05) is 0 Å². The van der Waals surface area contributed by atoms with Crippen molar-refractivity contribution in [2.75, 3.05) is 0 Å². The maximum Gasteiger partial charge on any atom is 0.119 e. The summed E-state index contributed by atoms with van der Waals surface area (Å²) in [7, 11) is 0. The van der Waals surface area contributed by atoms with Crippen molar-refractivity contribution >= 4 is 17.2 Å². The predicted molar refractivity (Wildman–Crippen MR) is 71.4 cm³/mol. The van der Waals surface area contributed by atoms with E-state index in [9.17, 15) is 0 Å². The van der Waals surface area contributed by atoms with Crippen LogP contribution in [0.1, 0.15) is 50.7 Å². The van der Waals surface area contributed by atoms with Crippen LogP contribution in [0, 0.1) is 5.38 Å². The fourth-order valence-electron chi connectivity index (χ4n) is 2.44. The van der Waals surface area contributed by atoms with E-state index in [2.05, 4.69) is 38.1 Å². The Morgan fingerprint density at radius 2 is 1.44 bits per heavy atom. The second-order valence-corrected chi connectivity index (χ2v) is 4.69. The highest BCUT2D eigenvalue weighted by molar-refractivity contribution is 6.33. The summed E-state index contributed by atoms with van der Waals surface area (Å²) in [4.78, 5) is 0. The standard InChI is InChI=1S/C15H18Cl/c1-3-7-11-12-9-5-6-10-14(12)15(16)13(11)8-4-2/h5-6,9-10H,3-4,7-8H2,1-2H3. The van der Waals surface area contributed by atoms with Gasteiger partial charge in [-0.3, -0.25) is 0 Å². The van der Waals surface area contributed by atoms with Gasteiger partial charge in [-0.15, -0.1) is 11.6 Å². The first-order valence-corrected chi connectivity index (χ1v) is 6.52. The molecule has 0 N–H and O–H groups in total. The Kier molecular flexibility index (Phi) is 3.70. The fraction of sp³-hybridized carbons (Fsp3) is 0.400. The Morgan fingerprint density at radius 3 is 2.06 bits per heavy atom. The van der Waals surface area contributed by atoms with Gasteiger partial charge in [-0.25, -0.2) is 0 Å². The molecule has 16 heavy (non-hydrogen) atoms. The molecule has 0 spiro atoms. The molecule has 1 aromatic carbocycles. The molecule has 0 fully saturated rings. The van der Waals surface area contributed by atoms with Gasteiger partial charge in [-0.2, -0.15) is 0 Å². The molecular weight excluding hydrogens is 216 g/mol. The molecule has 0 saturated carbocycles. The summed E-state index contributed by atoms with van der Waals surface area (Å²) in [6, 6.07) is 8.51. The molecule has 1 aliphatic rings. The second kappa shape index (κ2) is 5.05. The Balaban J connectivity index is 2.44. The van der Waals surface area contributed by atoms with E-state index in [0.29, 0.717) is 0 Å². The van der Waals surface area contributed by atoms with Crippen molar-refractivity contribution < 1.29 is 0 Å². The SMILES string of the molecule is CCCC1=C(CCC)c2ccccc2[C]1Cl. The van der Waals surface area contributed by atoms with Crippen LogP contribution in [0.15, 0.2) is 29.8 Å². The molecule has 1 aliphatic carbocycles. The van der Waals surface area contributed by atoms with Crippen molar-refractivity contribution in [3.8, 4) is 0 Å². The van der Waals surface area contributed by atoms with Crippen LogP contribution < -0.4 is 0 Å². The molecule has 0 atom stereocenters. The van der Waals surface area contributed by atoms with Crippen LogP contribution in [-0.2, 0) is 0 Å². The van der Waals surface area contributed by atoms with Crippen LogP contribution in [0.4, 0.5) is 0 Å². The molecule has 0 unspecified atom stereocenters. The maximum atomic E-state index is 6.48. The van der Waals surface area contributed by atoms with E-state index < -0.39 is 0 Å². The Morgan fingerprint density at radius 1 is 0.875 bits per heavy atom. The molecule has 1 heteroatoms. The van der Waals surface area contributed by atoms with Crippen LogP contribution in [0.3, 0.4) is 0 Å². The van der Waals surface area contributed by atoms with Gasteiger partial charge >= 0.3 is 0 Å². The third-order valence-electron chi connectivity index (χ3n) is 3.12. The van der Waals surface area contributed by atoms with Crippen molar-refractivity contribution in [1.29, 1.82) is 0 Å². The van der Waals surface area contributed by atoms with E-state index in [-0.39, 0.29) is 0 Å². The van der Waals surface area contributed by atoms with Crippen molar-refractivity contribution in [2.24, 2.45) is 0 Å². The molecule has 0 aromatic heterocycles. The molecule has 0 amide bonds. The van der Waals surface area contributed by atoms with Crippen molar-refractivity contribution in [3.63, 3.8) is 0 Å². The van der Waals surface area contributed by atoms with Crippen LogP contribution in [-0.4, -0.2) is 0 Å². The predicted octanol–water partition coefficient (Wildman–Crippen LogP) is 5.17. The van der Waals surface area contributed by atoms with Gasteiger partial charge < -0.3 is 0 Å². The summed E-state index contributed by atoms with van der Waals surface area (Å²) in [6.07, 6.45) is 4.58. The summed E-state index contributed by atoms with van der Waals surface area (Å²) in [5.74, 6) is 0. The molecule has 0 nitrogen and oxygen atoms in total. The Labute approximate surface area is 103 Å². The molecular formula is C15H18Cl. The summed E-state index contributed by atoms with van der Waals surface area (Å²) >= 11 is 6.48. The average Bonchev–Trinajstić information content (AvgIpc) is 2.57. The first-order valence-electron chi connectivity index (χ1n) is 6.14. The normalized spacial score (nSPS) is 15.7. The molecule has 0 aliphatic heterocycles. The topological polar surface area (TPSA) is 0 Å². The number of hydrogen-bond acceptors (Lipinski definition) is 0.